The van der Waals surface area contributed by atoms with Gasteiger partial charge in [-0.2, -0.15) is 0 Å². The van der Waals surface area contributed by atoms with Crippen molar-refractivity contribution in [2.24, 2.45) is 5.73 Å². The van der Waals surface area contributed by atoms with Crippen LogP contribution in [0.4, 0.5) is 0 Å². The first-order valence-corrected chi connectivity index (χ1v) is 5.36. The van der Waals surface area contributed by atoms with Crippen LogP contribution in [-0.4, -0.2) is 13.1 Å². The average molecular weight is 196 g/mol. The van der Waals surface area contributed by atoms with Gasteiger partial charge in [0.15, 0.2) is 0 Å². The zero-order chi connectivity index (χ0) is 10.1. The second kappa shape index (κ2) is 7.59. The highest BCUT2D eigenvalue weighted by molar-refractivity contribution is 4.97. The Bertz CT molecular complexity index is 209. The summed E-state index contributed by atoms with van der Waals surface area (Å²) in [4.78, 5) is 0. The van der Waals surface area contributed by atoms with Gasteiger partial charge in [0.2, 0.25) is 0 Å². The fraction of sp³-hybridized carbons (Fsp3) is 0.636. The molecule has 0 spiro atoms. The highest BCUT2D eigenvalue weighted by Crippen LogP contribution is 2.00. The van der Waals surface area contributed by atoms with E-state index in [0.717, 1.165) is 31.8 Å². The Morgan fingerprint density at radius 2 is 2.07 bits per heavy atom. The number of unbranched alkanes of at least 4 members (excludes halogenated alkanes) is 3. The third-order valence-corrected chi connectivity index (χ3v) is 2.19. The minimum absolute atomic E-state index is 0.819. The Hall–Kier alpha value is -0.800. The van der Waals surface area contributed by atoms with E-state index < -0.39 is 0 Å². The van der Waals surface area contributed by atoms with E-state index in [4.69, 9.17) is 10.2 Å². The predicted molar refractivity (Wildman–Crippen MR) is 57.9 cm³/mol. The maximum absolute atomic E-state index is 5.41. The van der Waals surface area contributed by atoms with Gasteiger partial charge in [0.05, 0.1) is 12.8 Å². The monoisotopic (exact) mass is 196 g/mol. The van der Waals surface area contributed by atoms with Gasteiger partial charge in [-0.05, 0) is 38.1 Å². The molecule has 3 N–H and O–H groups in total. The van der Waals surface area contributed by atoms with Crippen molar-refractivity contribution in [3.05, 3.63) is 24.2 Å². The van der Waals surface area contributed by atoms with Crippen molar-refractivity contribution < 1.29 is 4.42 Å². The normalized spacial score (nSPS) is 10.6. The highest BCUT2D eigenvalue weighted by atomic mass is 16.3. The van der Waals surface area contributed by atoms with Crippen LogP contribution in [0.1, 0.15) is 31.4 Å². The largest absolute Gasteiger partial charge is 0.468 e. The van der Waals surface area contributed by atoms with Crippen LogP contribution in [0.3, 0.4) is 0 Å². The van der Waals surface area contributed by atoms with E-state index >= 15 is 0 Å². The predicted octanol–water partition coefficient (Wildman–Crippen LogP) is 1.89. The quantitative estimate of drug-likeness (QED) is 0.624. The molecular formula is C11H20N2O. The van der Waals surface area contributed by atoms with Crippen molar-refractivity contribution in [1.82, 2.24) is 5.32 Å². The fourth-order valence-electron chi connectivity index (χ4n) is 1.37. The molecule has 3 heteroatoms. The molecule has 0 radical (unpaired) electrons. The minimum atomic E-state index is 0.819. The van der Waals surface area contributed by atoms with E-state index in [9.17, 15) is 0 Å². The number of nitrogens with one attached hydrogen (secondary N) is 1. The molecule has 80 valence electrons. The van der Waals surface area contributed by atoms with Crippen LogP contribution in [0.25, 0.3) is 0 Å². The van der Waals surface area contributed by atoms with E-state index in [1.807, 2.05) is 12.1 Å². The topological polar surface area (TPSA) is 51.2 Å². The molecular weight excluding hydrogens is 176 g/mol. The van der Waals surface area contributed by atoms with Gasteiger partial charge in [-0.1, -0.05) is 12.8 Å². The van der Waals surface area contributed by atoms with Crippen LogP contribution < -0.4 is 11.1 Å². The van der Waals surface area contributed by atoms with E-state index in [-0.39, 0.29) is 0 Å². The van der Waals surface area contributed by atoms with Gasteiger partial charge < -0.3 is 15.5 Å². The molecule has 3 nitrogen and oxygen atoms in total. The van der Waals surface area contributed by atoms with Gasteiger partial charge in [-0.25, -0.2) is 0 Å². The Labute approximate surface area is 85.7 Å². The Morgan fingerprint density at radius 1 is 1.21 bits per heavy atom. The molecule has 1 aromatic heterocycles. The van der Waals surface area contributed by atoms with Gasteiger partial charge in [-0.15, -0.1) is 0 Å². The lowest BCUT2D eigenvalue weighted by molar-refractivity contribution is 0.477. The number of furan rings is 1. The molecule has 0 atom stereocenters. The minimum Gasteiger partial charge on any atom is -0.468 e. The summed E-state index contributed by atoms with van der Waals surface area (Å²) in [5.41, 5.74) is 5.41. The van der Waals surface area contributed by atoms with Crippen molar-refractivity contribution >= 4 is 0 Å². The Balaban J connectivity index is 1.85. The SMILES string of the molecule is NCCCCCCNCc1ccco1. The van der Waals surface area contributed by atoms with E-state index in [1.54, 1.807) is 6.26 Å². The van der Waals surface area contributed by atoms with Crippen LogP contribution in [0.2, 0.25) is 0 Å². The van der Waals surface area contributed by atoms with Crippen molar-refractivity contribution in [2.75, 3.05) is 13.1 Å². The Morgan fingerprint density at radius 3 is 2.79 bits per heavy atom. The molecule has 0 saturated heterocycles. The molecule has 0 amide bonds. The number of rotatable bonds is 8. The summed E-state index contributed by atoms with van der Waals surface area (Å²) in [6.45, 7) is 2.72. The molecule has 1 rings (SSSR count). The van der Waals surface area contributed by atoms with E-state index in [2.05, 4.69) is 5.32 Å². The van der Waals surface area contributed by atoms with Crippen molar-refractivity contribution in [2.45, 2.75) is 32.2 Å². The molecule has 0 aromatic carbocycles. The summed E-state index contributed by atoms with van der Waals surface area (Å²) < 4.78 is 5.20. The van der Waals surface area contributed by atoms with Crippen molar-refractivity contribution in [3.63, 3.8) is 0 Å². The summed E-state index contributed by atoms with van der Waals surface area (Å²) in [6.07, 6.45) is 6.60. The van der Waals surface area contributed by atoms with E-state index in [0.29, 0.717) is 0 Å². The summed E-state index contributed by atoms with van der Waals surface area (Å²) >= 11 is 0. The zero-order valence-corrected chi connectivity index (χ0v) is 8.67. The molecule has 0 aliphatic carbocycles. The second-order valence-electron chi connectivity index (χ2n) is 3.46. The van der Waals surface area contributed by atoms with Gasteiger partial charge >= 0.3 is 0 Å². The Kier molecular flexibility index (Phi) is 6.11. The van der Waals surface area contributed by atoms with E-state index in [1.165, 1.54) is 19.3 Å². The van der Waals surface area contributed by atoms with Gasteiger partial charge in [0.25, 0.3) is 0 Å². The van der Waals surface area contributed by atoms with Crippen LogP contribution in [0, 0.1) is 0 Å². The third kappa shape index (κ3) is 5.04. The smallest absolute Gasteiger partial charge is 0.117 e. The molecule has 0 aliphatic heterocycles. The standard InChI is InChI=1S/C11H20N2O/c12-7-3-1-2-4-8-13-10-11-6-5-9-14-11/h5-6,9,13H,1-4,7-8,10,12H2. The maximum Gasteiger partial charge on any atom is 0.117 e. The maximum atomic E-state index is 5.41. The summed E-state index contributed by atoms with van der Waals surface area (Å²) in [5.74, 6) is 1.01. The lowest BCUT2D eigenvalue weighted by Crippen LogP contribution is -2.14. The second-order valence-corrected chi connectivity index (χ2v) is 3.46. The fourth-order valence-corrected chi connectivity index (χ4v) is 1.37. The zero-order valence-electron chi connectivity index (χ0n) is 8.67. The summed E-state index contributed by atoms with van der Waals surface area (Å²) in [7, 11) is 0. The number of hydrogen-bond acceptors (Lipinski definition) is 3. The van der Waals surface area contributed by atoms with Gasteiger partial charge in [0, 0.05) is 0 Å². The van der Waals surface area contributed by atoms with Gasteiger partial charge in [0.1, 0.15) is 5.76 Å². The first-order chi connectivity index (χ1) is 6.93. The molecule has 14 heavy (non-hydrogen) atoms. The average Bonchev–Trinajstić information content (AvgIpc) is 2.69. The number of hydrogen-bond donors (Lipinski definition) is 2. The van der Waals surface area contributed by atoms with Crippen LogP contribution >= 0.6 is 0 Å². The molecule has 0 fully saturated rings. The lowest BCUT2D eigenvalue weighted by Gasteiger charge is -2.02. The van der Waals surface area contributed by atoms with Crippen LogP contribution in [0.15, 0.2) is 22.8 Å². The summed E-state index contributed by atoms with van der Waals surface area (Å²) in [5, 5.41) is 3.34. The molecule has 0 aliphatic rings. The number of nitrogens with two attached hydrogens (primary N) is 1. The third-order valence-electron chi connectivity index (χ3n) is 2.19. The highest BCUT2D eigenvalue weighted by Gasteiger charge is 1.93. The first-order valence-electron chi connectivity index (χ1n) is 5.36. The molecule has 0 saturated carbocycles. The molecule has 0 bridgehead atoms. The van der Waals surface area contributed by atoms with Gasteiger partial charge in [-0.3, -0.25) is 0 Å². The van der Waals surface area contributed by atoms with Crippen LogP contribution in [-0.2, 0) is 6.54 Å². The lowest BCUT2D eigenvalue weighted by atomic mass is 10.2. The molecule has 1 heterocycles. The molecule has 1 aromatic rings. The summed E-state index contributed by atoms with van der Waals surface area (Å²) in [6, 6.07) is 3.90. The van der Waals surface area contributed by atoms with Crippen molar-refractivity contribution in [3.8, 4) is 0 Å². The van der Waals surface area contributed by atoms with Crippen molar-refractivity contribution in [1.29, 1.82) is 0 Å². The molecule has 0 unspecified atom stereocenters. The van der Waals surface area contributed by atoms with Crippen LogP contribution in [0.5, 0.6) is 0 Å². The first kappa shape index (κ1) is 11.3.